The van der Waals surface area contributed by atoms with E-state index < -0.39 is 22.2 Å². The first-order valence-corrected chi connectivity index (χ1v) is 8.02. The van der Waals surface area contributed by atoms with Gasteiger partial charge in [0.2, 0.25) is 10.0 Å². The fourth-order valence-electron chi connectivity index (χ4n) is 1.35. The number of quaternary nitrogens is 1. The third kappa shape index (κ3) is 8.21. The molecule has 1 aromatic rings. The number of carboxylic acids is 1. The van der Waals surface area contributed by atoms with E-state index in [2.05, 4.69) is 17.0 Å². The second kappa shape index (κ2) is 7.97. The van der Waals surface area contributed by atoms with Crippen molar-refractivity contribution in [2.45, 2.75) is 19.1 Å². The van der Waals surface area contributed by atoms with Gasteiger partial charge >= 0.3 is 6.18 Å². The minimum absolute atomic E-state index is 0.158. The number of rotatable bonds is 4. The molecule has 0 fully saturated rings. The molecular formula is C13H17F3N2O4S. The molecule has 130 valence electrons. The third-order valence-electron chi connectivity index (χ3n) is 2.39. The van der Waals surface area contributed by atoms with Gasteiger partial charge in [-0.2, -0.15) is 13.2 Å². The SMILES string of the molecule is C=Cc1cc(C(C)[NH3+])ccc1NS(C)(=O)=O.O=C([O-])C(F)(F)F. The summed E-state index contributed by atoms with van der Waals surface area (Å²) in [6.45, 7) is 5.64. The summed E-state index contributed by atoms with van der Waals surface area (Å²) in [5, 5.41) is 8.78. The molecule has 0 amide bonds. The highest BCUT2D eigenvalue weighted by atomic mass is 32.2. The number of carbonyl (C=O) groups excluding carboxylic acids is 1. The fourth-order valence-corrected chi connectivity index (χ4v) is 1.93. The average Bonchev–Trinajstić information content (AvgIpc) is 2.36. The van der Waals surface area contributed by atoms with E-state index in [0.29, 0.717) is 5.69 Å². The van der Waals surface area contributed by atoms with Crippen LogP contribution in [0.5, 0.6) is 0 Å². The minimum atomic E-state index is -5.19. The van der Waals surface area contributed by atoms with Crippen molar-refractivity contribution in [2.24, 2.45) is 0 Å². The predicted octanol–water partition coefficient (Wildman–Crippen LogP) is 0.303. The van der Waals surface area contributed by atoms with Crippen molar-refractivity contribution in [3.05, 3.63) is 35.9 Å². The molecule has 23 heavy (non-hydrogen) atoms. The number of sulfonamides is 1. The minimum Gasteiger partial charge on any atom is -0.542 e. The number of carboxylic acid groups (broad SMARTS) is 1. The molecule has 1 aromatic carbocycles. The van der Waals surface area contributed by atoms with Gasteiger partial charge in [0, 0.05) is 5.56 Å². The van der Waals surface area contributed by atoms with E-state index in [1.807, 2.05) is 19.1 Å². The maximum Gasteiger partial charge on any atom is 0.430 e. The van der Waals surface area contributed by atoms with Crippen molar-refractivity contribution < 1.29 is 37.2 Å². The van der Waals surface area contributed by atoms with Crippen LogP contribution in [0.3, 0.4) is 0 Å². The summed E-state index contributed by atoms with van der Waals surface area (Å²) >= 11 is 0. The van der Waals surface area contributed by atoms with E-state index >= 15 is 0 Å². The van der Waals surface area contributed by atoms with Crippen LogP contribution in [-0.4, -0.2) is 26.8 Å². The quantitative estimate of drug-likeness (QED) is 0.809. The number of hydrogen-bond donors (Lipinski definition) is 2. The largest absolute Gasteiger partial charge is 0.542 e. The number of halogens is 3. The lowest BCUT2D eigenvalue weighted by Crippen LogP contribution is -2.51. The highest BCUT2D eigenvalue weighted by molar-refractivity contribution is 7.92. The molecule has 0 aromatic heterocycles. The Kier molecular flexibility index (Phi) is 7.25. The van der Waals surface area contributed by atoms with Gasteiger partial charge in [-0.3, -0.25) is 4.72 Å². The molecule has 1 rings (SSSR count). The zero-order valence-corrected chi connectivity index (χ0v) is 13.3. The van der Waals surface area contributed by atoms with Crippen LogP contribution in [0.15, 0.2) is 24.8 Å². The Morgan fingerprint density at radius 3 is 2.22 bits per heavy atom. The molecule has 0 saturated carbocycles. The number of hydrogen-bond acceptors (Lipinski definition) is 4. The van der Waals surface area contributed by atoms with Gasteiger partial charge in [-0.15, -0.1) is 0 Å². The predicted molar refractivity (Wildman–Crippen MR) is 77.4 cm³/mol. The summed E-state index contributed by atoms with van der Waals surface area (Å²) in [5.41, 5.74) is 6.27. The van der Waals surface area contributed by atoms with Crippen LogP contribution >= 0.6 is 0 Å². The second-order valence-corrected chi connectivity index (χ2v) is 6.36. The van der Waals surface area contributed by atoms with Crippen LogP contribution < -0.4 is 15.6 Å². The highest BCUT2D eigenvalue weighted by Crippen LogP contribution is 2.21. The van der Waals surface area contributed by atoms with Crippen LogP contribution in [-0.2, 0) is 14.8 Å². The molecule has 0 aliphatic carbocycles. The number of nitrogens with one attached hydrogen (secondary N) is 1. The second-order valence-electron chi connectivity index (χ2n) is 4.61. The van der Waals surface area contributed by atoms with E-state index in [0.717, 1.165) is 17.4 Å². The van der Waals surface area contributed by atoms with Crippen molar-refractivity contribution in [2.75, 3.05) is 11.0 Å². The summed E-state index contributed by atoms with van der Waals surface area (Å²) in [6.07, 6.45) is -2.45. The van der Waals surface area contributed by atoms with E-state index in [1.165, 1.54) is 0 Å². The first-order chi connectivity index (χ1) is 10.3. The normalized spacial score (nSPS) is 12.6. The Bertz CT molecular complexity index is 670. The Balaban J connectivity index is 0.000000585. The summed E-state index contributed by atoms with van der Waals surface area (Å²) in [7, 11) is -3.26. The first-order valence-electron chi connectivity index (χ1n) is 6.13. The van der Waals surface area contributed by atoms with Gasteiger partial charge in [-0.05, 0) is 24.6 Å². The first kappa shape index (κ1) is 20.9. The zero-order valence-electron chi connectivity index (χ0n) is 12.5. The van der Waals surface area contributed by atoms with Gasteiger partial charge in [-0.1, -0.05) is 18.7 Å². The molecule has 0 aliphatic heterocycles. The van der Waals surface area contributed by atoms with Crippen molar-refractivity contribution in [3.8, 4) is 0 Å². The average molecular weight is 354 g/mol. The third-order valence-corrected chi connectivity index (χ3v) is 2.98. The smallest absolute Gasteiger partial charge is 0.430 e. The molecular weight excluding hydrogens is 337 g/mol. The van der Waals surface area contributed by atoms with Crippen LogP contribution in [0.2, 0.25) is 0 Å². The van der Waals surface area contributed by atoms with E-state index in [1.54, 1.807) is 12.1 Å². The van der Waals surface area contributed by atoms with Crippen LogP contribution in [0.4, 0.5) is 18.9 Å². The molecule has 0 saturated heterocycles. The van der Waals surface area contributed by atoms with E-state index in [9.17, 15) is 21.6 Å². The van der Waals surface area contributed by atoms with Crippen LogP contribution in [0, 0.1) is 0 Å². The van der Waals surface area contributed by atoms with Crippen molar-refractivity contribution in [1.29, 1.82) is 0 Å². The lowest BCUT2D eigenvalue weighted by Gasteiger charge is -2.10. The Morgan fingerprint density at radius 2 is 1.91 bits per heavy atom. The van der Waals surface area contributed by atoms with E-state index in [4.69, 9.17) is 9.90 Å². The van der Waals surface area contributed by atoms with Crippen molar-refractivity contribution in [1.82, 2.24) is 0 Å². The molecule has 1 atom stereocenters. The summed E-state index contributed by atoms with van der Waals surface area (Å²) in [4.78, 5) is 8.78. The van der Waals surface area contributed by atoms with Crippen LogP contribution in [0.1, 0.15) is 24.1 Å². The van der Waals surface area contributed by atoms with Crippen molar-refractivity contribution in [3.63, 3.8) is 0 Å². The van der Waals surface area contributed by atoms with Gasteiger partial charge in [0.05, 0.1) is 11.9 Å². The Hall–Kier alpha value is -2.07. The zero-order chi connectivity index (χ0) is 18.4. The Morgan fingerprint density at radius 1 is 1.43 bits per heavy atom. The topological polar surface area (TPSA) is 114 Å². The molecule has 0 spiro atoms. The maximum absolute atomic E-state index is 11.1. The molecule has 1 unspecified atom stereocenters. The standard InChI is InChI=1S/C11H16N2O2S.C2HF3O2/c1-4-9-7-10(8(2)12)5-6-11(9)13-16(3,14)15;3-2(4,5)1(6)7/h4-8,13H,1,12H2,2-3H3;(H,6,7). The summed E-state index contributed by atoms with van der Waals surface area (Å²) in [5.74, 6) is -3.01. The number of anilines is 1. The van der Waals surface area contributed by atoms with Gasteiger partial charge in [-0.25, -0.2) is 8.42 Å². The summed E-state index contributed by atoms with van der Waals surface area (Å²) < 4.78 is 56.3. The molecule has 0 bridgehead atoms. The molecule has 0 aliphatic rings. The lowest BCUT2D eigenvalue weighted by atomic mass is 10.0. The molecule has 0 radical (unpaired) electrons. The van der Waals surface area contributed by atoms with Gasteiger partial charge in [0.15, 0.2) is 0 Å². The molecule has 4 N–H and O–H groups in total. The maximum atomic E-state index is 11.1. The summed E-state index contributed by atoms with van der Waals surface area (Å²) in [6, 6.07) is 5.64. The number of benzene rings is 1. The highest BCUT2D eigenvalue weighted by Gasteiger charge is 2.28. The van der Waals surface area contributed by atoms with Crippen molar-refractivity contribution >= 4 is 27.8 Å². The number of aliphatic carboxylic acids is 1. The monoisotopic (exact) mass is 354 g/mol. The van der Waals surface area contributed by atoms with Gasteiger partial charge in [0.1, 0.15) is 12.0 Å². The number of carbonyl (C=O) groups is 1. The van der Waals surface area contributed by atoms with Crippen LogP contribution in [0.25, 0.3) is 6.08 Å². The Labute approximate surface area is 131 Å². The van der Waals surface area contributed by atoms with Gasteiger partial charge < -0.3 is 15.6 Å². The lowest BCUT2D eigenvalue weighted by molar-refractivity contribution is -0.420. The molecule has 6 nitrogen and oxygen atoms in total. The molecule has 0 heterocycles. The molecule has 10 heteroatoms. The fraction of sp³-hybridized carbons (Fsp3) is 0.308. The number of alkyl halides is 3. The van der Waals surface area contributed by atoms with E-state index in [-0.39, 0.29) is 6.04 Å². The van der Waals surface area contributed by atoms with Gasteiger partial charge in [0.25, 0.3) is 0 Å².